The largest absolute Gasteiger partial charge is 0.460 e. The number of rotatable bonds is 9. The van der Waals surface area contributed by atoms with E-state index in [1.165, 1.54) is 31.4 Å². The van der Waals surface area contributed by atoms with Crippen molar-refractivity contribution in [2.24, 2.45) is 0 Å². The molecule has 1 unspecified atom stereocenters. The molecule has 0 aromatic carbocycles. The van der Waals surface area contributed by atoms with Crippen LogP contribution in [0.4, 0.5) is 0 Å². The molecule has 17 heavy (non-hydrogen) atoms. The van der Waals surface area contributed by atoms with Crippen LogP contribution in [0.2, 0.25) is 19.1 Å². The molecule has 0 bridgehead atoms. The first-order valence-corrected chi connectivity index (χ1v) is 10.6. The molecule has 100 valence electrons. The van der Waals surface area contributed by atoms with Crippen molar-refractivity contribution in [3.63, 3.8) is 0 Å². The molecule has 0 aromatic rings. The van der Waals surface area contributed by atoms with Crippen molar-refractivity contribution in [2.45, 2.75) is 64.3 Å². The Morgan fingerprint density at radius 2 is 1.94 bits per heavy atom. The highest BCUT2D eigenvalue weighted by Gasteiger charge is 2.15. The van der Waals surface area contributed by atoms with Gasteiger partial charge in [0.1, 0.15) is 7.38 Å². The zero-order chi connectivity index (χ0) is 13.3. The molecular formula is C13H25ClO2Si. The number of carbonyl (C=O) groups excluding carboxylic acids is 1. The van der Waals surface area contributed by atoms with Crippen molar-refractivity contribution >= 4 is 24.4 Å². The third-order valence-electron chi connectivity index (χ3n) is 2.62. The zero-order valence-electron chi connectivity index (χ0n) is 11.3. The fourth-order valence-corrected chi connectivity index (χ4v) is 3.13. The van der Waals surface area contributed by atoms with Crippen LogP contribution < -0.4 is 0 Å². The van der Waals surface area contributed by atoms with Crippen LogP contribution >= 0.6 is 11.1 Å². The smallest absolute Gasteiger partial charge is 0.330 e. The van der Waals surface area contributed by atoms with Gasteiger partial charge in [0.25, 0.3) is 0 Å². The van der Waals surface area contributed by atoms with Crippen molar-refractivity contribution in [1.29, 1.82) is 0 Å². The molecule has 0 spiro atoms. The molecule has 0 rings (SSSR count). The van der Waals surface area contributed by atoms with Crippen molar-refractivity contribution in [3.8, 4) is 0 Å². The van der Waals surface area contributed by atoms with Gasteiger partial charge in [0.2, 0.25) is 0 Å². The Labute approximate surface area is 111 Å². The SMILES string of the molecule is C=CC(=O)OC(C)CCCCCC[Si](C)(C)Cl. The minimum atomic E-state index is -1.37. The van der Waals surface area contributed by atoms with Crippen LogP contribution in [-0.4, -0.2) is 19.5 Å². The maximum atomic E-state index is 10.9. The van der Waals surface area contributed by atoms with Gasteiger partial charge in [-0.3, -0.25) is 0 Å². The van der Waals surface area contributed by atoms with Gasteiger partial charge < -0.3 is 4.74 Å². The van der Waals surface area contributed by atoms with Gasteiger partial charge in [0, 0.05) is 6.08 Å². The summed E-state index contributed by atoms with van der Waals surface area (Å²) in [7, 11) is -1.37. The van der Waals surface area contributed by atoms with E-state index in [0.29, 0.717) is 0 Å². The van der Waals surface area contributed by atoms with E-state index in [-0.39, 0.29) is 12.1 Å². The van der Waals surface area contributed by atoms with Crippen LogP contribution in [0.1, 0.15) is 39.0 Å². The molecular weight excluding hydrogens is 252 g/mol. The number of halogens is 1. The highest BCUT2D eigenvalue weighted by atomic mass is 35.6. The first-order chi connectivity index (χ1) is 7.85. The zero-order valence-corrected chi connectivity index (χ0v) is 13.1. The normalized spacial score (nSPS) is 13.2. The molecule has 0 aliphatic rings. The van der Waals surface area contributed by atoms with Crippen molar-refractivity contribution in [2.75, 3.05) is 0 Å². The van der Waals surface area contributed by atoms with Crippen LogP contribution in [0.25, 0.3) is 0 Å². The summed E-state index contributed by atoms with van der Waals surface area (Å²) in [5, 5.41) is 0. The highest BCUT2D eigenvalue weighted by molar-refractivity contribution is 7.19. The fraction of sp³-hybridized carbons (Fsp3) is 0.769. The first-order valence-electron chi connectivity index (χ1n) is 6.37. The summed E-state index contributed by atoms with van der Waals surface area (Å²) in [6.07, 6.45) is 6.90. The van der Waals surface area contributed by atoms with Gasteiger partial charge in [-0.1, -0.05) is 38.9 Å². The second-order valence-corrected chi connectivity index (χ2v) is 12.1. The molecule has 0 aromatic heterocycles. The molecule has 1 atom stereocenters. The van der Waals surface area contributed by atoms with E-state index in [9.17, 15) is 4.79 Å². The van der Waals surface area contributed by atoms with Gasteiger partial charge in [-0.2, -0.15) is 11.1 Å². The third kappa shape index (κ3) is 12.0. The maximum absolute atomic E-state index is 10.9. The summed E-state index contributed by atoms with van der Waals surface area (Å²) in [5.74, 6) is -0.326. The van der Waals surface area contributed by atoms with Crippen molar-refractivity contribution in [1.82, 2.24) is 0 Å². The summed E-state index contributed by atoms with van der Waals surface area (Å²) in [5.41, 5.74) is 0. The number of hydrogen-bond donors (Lipinski definition) is 0. The standard InChI is InChI=1S/C13H25ClO2Si/c1-5-13(15)16-12(2)10-8-6-7-9-11-17(3,4)14/h5,12H,1,6-11H2,2-4H3. The number of esters is 1. The predicted molar refractivity (Wildman–Crippen MR) is 77.0 cm³/mol. The van der Waals surface area contributed by atoms with Gasteiger partial charge in [-0.15, -0.1) is 0 Å². The summed E-state index contributed by atoms with van der Waals surface area (Å²) in [4.78, 5) is 10.9. The third-order valence-corrected chi connectivity index (χ3v) is 4.73. The molecule has 0 saturated heterocycles. The summed E-state index contributed by atoms with van der Waals surface area (Å²) >= 11 is 6.24. The van der Waals surface area contributed by atoms with Gasteiger partial charge >= 0.3 is 5.97 Å². The van der Waals surface area contributed by atoms with E-state index < -0.39 is 7.38 Å². The molecule has 0 fully saturated rings. The number of ether oxygens (including phenoxy) is 1. The maximum Gasteiger partial charge on any atom is 0.330 e. The number of hydrogen-bond acceptors (Lipinski definition) is 2. The minimum absolute atomic E-state index is 0.000608. The van der Waals surface area contributed by atoms with Gasteiger partial charge in [-0.05, 0) is 25.8 Å². The Morgan fingerprint density at radius 1 is 1.35 bits per heavy atom. The van der Waals surface area contributed by atoms with Gasteiger partial charge in [-0.25, -0.2) is 4.79 Å². The van der Waals surface area contributed by atoms with Crippen LogP contribution in [0, 0.1) is 0 Å². The van der Waals surface area contributed by atoms with Crippen LogP contribution in [-0.2, 0) is 9.53 Å². The monoisotopic (exact) mass is 276 g/mol. The topological polar surface area (TPSA) is 26.3 Å². The van der Waals surface area contributed by atoms with Crippen LogP contribution in [0.3, 0.4) is 0 Å². The van der Waals surface area contributed by atoms with Crippen molar-refractivity contribution < 1.29 is 9.53 Å². The molecule has 2 nitrogen and oxygen atoms in total. The molecule has 0 saturated carbocycles. The summed E-state index contributed by atoms with van der Waals surface area (Å²) < 4.78 is 5.09. The predicted octanol–water partition coefficient (Wildman–Crippen LogP) is 4.50. The quantitative estimate of drug-likeness (QED) is 0.204. The van der Waals surface area contributed by atoms with E-state index in [0.717, 1.165) is 12.8 Å². The fourth-order valence-electron chi connectivity index (χ4n) is 1.64. The Kier molecular flexibility index (Phi) is 8.61. The van der Waals surface area contributed by atoms with Crippen LogP contribution in [0.15, 0.2) is 12.7 Å². The lowest BCUT2D eigenvalue weighted by Crippen LogP contribution is -2.15. The Balaban J connectivity index is 3.39. The van der Waals surface area contributed by atoms with Gasteiger partial charge in [0.15, 0.2) is 0 Å². The van der Waals surface area contributed by atoms with E-state index in [2.05, 4.69) is 19.7 Å². The van der Waals surface area contributed by atoms with E-state index in [1.54, 1.807) is 0 Å². The van der Waals surface area contributed by atoms with Crippen LogP contribution in [0.5, 0.6) is 0 Å². The lowest BCUT2D eigenvalue weighted by Gasteiger charge is -2.13. The first kappa shape index (κ1) is 16.7. The highest BCUT2D eigenvalue weighted by Crippen LogP contribution is 2.19. The average molecular weight is 277 g/mol. The molecule has 0 heterocycles. The molecule has 0 radical (unpaired) electrons. The summed E-state index contributed by atoms with van der Waals surface area (Å²) in [6, 6.07) is 1.19. The molecule has 0 aliphatic heterocycles. The summed E-state index contributed by atoms with van der Waals surface area (Å²) in [6.45, 7) is 9.67. The lowest BCUT2D eigenvalue weighted by molar-refractivity contribution is -0.142. The van der Waals surface area contributed by atoms with Crippen molar-refractivity contribution in [3.05, 3.63) is 12.7 Å². The number of carbonyl (C=O) groups is 1. The van der Waals surface area contributed by atoms with Gasteiger partial charge in [0.05, 0.1) is 6.10 Å². The molecule has 0 aliphatic carbocycles. The minimum Gasteiger partial charge on any atom is -0.460 e. The second-order valence-electron chi connectivity index (χ2n) is 5.12. The van der Waals surface area contributed by atoms with E-state index >= 15 is 0 Å². The Hall–Kier alpha value is -0.283. The molecule has 4 heteroatoms. The molecule has 0 N–H and O–H groups in total. The lowest BCUT2D eigenvalue weighted by atomic mass is 10.1. The molecule has 0 amide bonds. The average Bonchev–Trinajstić information content (AvgIpc) is 2.21. The Morgan fingerprint density at radius 3 is 2.47 bits per heavy atom. The second kappa shape index (κ2) is 8.76. The Bertz CT molecular complexity index is 236. The number of unbranched alkanes of at least 4 members (excludes halogenated alkanes) is 3. The van der Waals surface area contributed by atoms with E-state index in [4.69, 9.17) is 15.8 Å². The van der Waals surface area contributed by atoms with E-state index in [1.807, 2.05) is 6.92 Å².